The standard InChI is InChI=1S/C19H26N4O2S/c1-3-5-17-14-20-19(21-15-17)22-10-4-11-23(13-12-22)26(24,25)18-8-6-16(2)7-9-18/h6-9,14-15H,3-5,10-13H2,1-2H3. The molecule has 0 bridgehead atoms. The van der Waals surface area contributed by atoms with Crippen LogP contribution in [-0.2, 0) is 16.4 Å². The SMILES string of the molecule is CCCc1cnc(N2CCCN(S(=O)(=O)c3ccc(C)cc3)CC2)nc1. The molecule has 3 rings (SSSR count). The van der Waals surface area contributed by atoms with E-state index in [0.717, 1.165) is 36.9 Å². The first kappa shape index (κ1) is 18.8. The summed E-state index contributed by atoms with van der Waals surface area (Å²) in [6.45, 7) is 6.39. The maximum atomic E-state index is 12.9. The highest BCUT2D eigenvalue weighted by Gasteiger charge is 2.27. The Morgan fingerprint density at radius 1 is 1.00 bits per heavy atom. The van der Waals surface area contributed by atoms with Crippen molar-refractivity contribution in [3.63, 3.8) is 0 Å². The fourth-order valence-electron chi connectivity index (χ4n) is 3.12. The van der Waals surface area contributed by atoms with Gasteiger partial charge >= 0.3 is 0 Å². The van der Waals surface area contributed by atoms with Crippen LogP contribution in [0.25, 0.3) is 0 Å². The van der Waals surface area contributed by atoms with Crippen molar-refractivity contribution in [2.75, 3.05) is 31.1 Å². The molecule has 1 fully saturated rings. The minimum absolute atomic E-state index is 0.358. The number of nitrogens with zero attached hydrogens (tertiary/aromatic N) is 4. The van der Waals surface area contributed by atoms with Gasteiger partial charge in [-0.05, 0) is 37.5 Å². The Morgan fingerprint density at radius 2 is 1.69 bits per heavy atom. The third-order valence-corrected chi connectivity index (χ3v) is 6.54. The molecule has 2 aromatic rings. The van der Waals surface area contributed by atoms with E-state index in [1.54, 1.807) is 16.4 Å². The van der Waals surface area contributed by atoms with Crippen molar-refractivity contribution in [2.24, 2.45) is 0 Å². The van der Waals surface area contributed by atoms with Gasteiger partial charge in [0.1, 0.15) is 0 Å². The topological polar surface area (TPSA) is 66.4 Å². The third-order valence-electron chi connectivity index (χ3n) is 4.63. The van der Waals surface area contributed by atoms with Crippen LogP contribution in [-0.4, -0.2) is 48.9 Å². The van der Waals surface area contributed by atoms with Gasteiger partial charge in [0.25, 0.3) is 0 Å². The molecule has 0 saturated carbocycles. The predicted octanol–water partition coefficient (Wildman–Crippen LogP) is 2.64. The largest absolute Gasteiger partial charge is 0.339 e. The highest BCUT2D eigenvalue weighted by molar-refractivity contribution is 7.89. The van der Waals surface area contributed by atoms with Crippen LogP contribution >= 0.6 is 0 Å². The monoisotopic (exact) mass is 374 g/mol. The maximum absolute atomic E-state index is 12.9. The van der Waals surface area contributed by atoms with Crippen molar-refractivity contribution in [1.29, 1.82) is 0 Å². The van der Waals surface area contributed by atoms with E-state index >= 15 is 0 Å². The molecule has 0 atom stereocenters. The summed E-state index contributed by atoms with van der Waals surface area (Å²) in [6.07, 6.45) is 6.54. The molecule has 1 aliphatic heterocycles. The molecule has 0 spiro atoms. The van der Waals surface area contributed by atoms with Crippen LogP contribution in [0.5, 0.6) is 0 Å². The minimum atomic E-state index is -3.46. The lowest BCUT2D eigenvalue weighted by Crippen LogP contribution is -2.35. The van der Waals surface area contributed by atoms with Crippen LogP contribution in [0.1, 0.15) is 30.9 Å². The summed E-state index contributed by atoms with van der Waals surface area (Å²) in [6, 6.07) is 7.04. The van der Waals surface area contributed by atoms with Gasteiger partial charge in [-0.1, -0.05) is 31.0 Å². The van der Waals surface area contributed by atoms with Crippen molar-refractivity contribution in [1.82, 2.24) is 14.3 Å². The lowest BCUT2D eigenvalue weighted by molar-refractivity contribution is 0.433. The Kier molecular flexibility index (Phi) is 5.88. The number of aryl methyl sites for hydroxylation is 2. The molecular weight excluding hydrogens is 348 g/mol. The molecule has 2 heterocycles. The molecule has 0 amide bonds. The van der Waals surface area contributed by atoms with Gasteiger partial charge in [0.05, 0.1) is 4.90 Å². The van der Waals surface area contributed by atoms with Gasteiger partial charge in [0, 0.05) is 38.6 Å². The summed E-state index contributed by atoms with van der Waals surface area (Å²) in [5.41, 5.74) is 2.18. The van der Waals surface area contributed by atoms with Crippen molar-refractivity contribution in [3.8, 4) is 0 Å². The fraction of sp³-hybridized carbons (Fsp3) is 0.474. The van der Waals surface area contributed by atoms with Gasteiger partial charge in [0.15, 0.2) is 0 Å². The molecule has 140 valence electrons. The zero-order valence-corrected chi connectivity index (χ0v) is 16.2. The number of anilines is 1. The zero-order chi connectivity index (χ0) is 18.6. The first-order valence-corrected chi connectivity index (χ1v) is 10.6. The first-order chi connectivity index (χ1) is 12.5. The molecule has 1 aromatic heterocycles. The van der Waals surface area contributed by atoms with E-state index < -0.39 is 10.0 Å². The van der Waals surface area contributed by atoms with Crippen molar-refractivity contribution in [2.45, 2.75) is 38.0 Å². The highest BCUT2D eigenvalue weighted by atomic mass is 32.2. The van der Waals surface area contributed by atoms with Crippen LogP contribution in [0.2, 0.25) is 0 Å². The van der Waals surface area contributed by atoms with E-state index in [1.807, 2.05) is 31.5 Å². The normalized spacial score (nSPS) is 16.5. The Balaban J connectivity index is 1.70. The fourth-order valence-corrected chi connectivity index (χ4v) is 4.59. The summed E-state index contributed by atoms with van der Waals surface area (Å²) in [5, 5.41) is 0. The average molecular weight is 375 g/mol. The van der Waals surface area contributed by atoms with Crippen LogP contribution in [0.3, 0.4) is 0 Å². The second-order valence-electron chi connectivity index (χ2n) is 6.70. The lowest BCUT2D eigenvalue weighted by atomic mass is 10.2. The summed E-state index contributed by atoms with van der Waals surface area (Å²) >= 11 is 0. The quantitative estimate of drug-likeness (QED) is 0.805. The van der Waals surface area contributed by atoms with Crippen LogP contribution in [0.15, 0.2) is 41.6 Å². The summed E-state index contributed by atoms with van der Waals surface area (Å²) in [5.74, 6) is 0.680. The van der Waals surface area contributed by atoms with E-state index in [1.165, 1.54) is 0 Å². The van der Waals surface area contributed by atoms with E-state index in [9.17, 15) is 8.42 Å². The second-order valence-corrected chi connectivity index (χ2v) is 8.64. The molecule has 0 unspecified atom stereocenters. The second kappa shape index (κ2) is 8.14. The van der Waals surface area contributed by atoms with Crippen molar-refractivity contribution >= 4 is 16.0 Å². The third kappa shape index (κ3) is 4.22. The van der Waals surface area contributed by atoms with E-state index in [-0.39, 0.29) is 0 Å². The summed E-state index contributed by atoms with van der Waals surface area (Å²) in [4.78, 5) is 11.4. The van der Waals surface area contributed by atoms with Crippen molar-refractivity contribution in [3.05, 3.63) is 47.8 Å². The van der Waals surface area contributed by atoms with Gasteiger partial charge in [0.2, 0.25) is 16.0 Å². The van der Waals surface area contributed by atoms with Crippen molar-refractivity contribution < 1.29 is 8.42 Å². The van der Waals surface area contributed by atoms with Gasteiger partial charge in [-0.25, -0.2) is 18.4 Å². The maximum Gasteiger partial charge on any atom is 0.243 e. The molecule has 0 N–H and O–H groups in total. The molecule has 1 saturated heterocycles. The minimum Gasteiger partial charge on any atom is -0.339 e. The van der Waals surface area contributed by atoms with E-state index in [2.05, 4.69) is 21.8 Å². The summed E-state index contributed by atoms with van der Waals surface area (Å²) in [7, 11) is -3.46. The predicted molar refractivity (Wildman–Crippen MR) is 103 cm³/mol. The number of rotatable bonds is 5. The number of aromatic nitrogens is 2. The van der Waals surface area contributed by atoms with Gasteiger partial charge in [-0.15, -0.1) is 0 Å². The molecular formula is C19H26N4O2S. The Labute approximate surface area is 155 Å². The van der Waals surface area contributed by atoms with E-state index in [4.69, 9.17) is 0 Å². The lowest BCUT2D eigenvalue weighted by Gasteiger charge is -2.22. The van der Waals surface area contributed by atoms with Gasteiger partial charge in [-0.2, -0.15) is 4.31 Å². The number of sulfonamides is 1. The Hall–Kier alpha value is -1.99. The summed E-state index contributed by atoms with van der Waals surface area (Å²) < 4.78 is 27.3. The van der Waals surface area contributed by atoms with Gasteiger partial charge < -0.3 is 4.90 Å². The Bertz CT molecular complexity index is 820. The molecule has 26 heavy (non-hydrogen) atoms. The average Bonchev–Trinajstić information content (AvgIpc) is 2.90. The molecule has 0 radical (unpaired) electrons. The smallest absolute Gasteiger partial charge is 0.243 e. The van der Waals surface area contributed by atoms with Crippen LogP contribution in [0, 0.1) is 6.92 Å². The number of hydrogen-bond donors (Lipinski definition) is 0. The Morgan fingerprint density at radius 3 is 2.35 bits per heavy atom. The van der Waals surface area contributed by atoms with Crippen LogP contribution < -0.4 is 4.90 Å². The first-order valence-electron chi connectivity index (χ1n) is 9.13. The molecule has 1 aliphatic rings. The van der Waals surface area contributed by atoms with Gasteiger partial charge in [-0.3, -0.25) is 0 Å². The molecule has 6 nitrogen and oxygen atoms in total. The highest BCUT2D eigenvalue weighted by Crippen LogP contribution is 2.19. The molecule has 7 heteroatoms. The number of benzene rings is 1. The molecule has 1 aromatic carbocycles. The van der Waals surface area contributed by atoms with E-state index in [0.29, 0.717) is 30.5 Å². The molecule has 0 aliphatic carbocycles. The zero-order valence-electron chi connectivity index (χ0n) is 15.4. The number of hydrogen-bond acceptors (Lipinski definition) is 5. The van der Waals surface area contributed by atoms with Crippen LogP contribution in [0.4, 0.5) is 5.95 Å².